The van der Waals surface area contributed by atoms with Crippen LogP contribution >= 0.6 is 0 Å². The van der Waals surface area contributed by atoms with Crippen molar-refractivity contribution in [3.63, 3.8) is 0 Å². The van der Waals surface area contributed by atoms with E-state index in [9.17, 15) is 13.2 Å². The van der Waals surface area contributed by atoms with Gasteiger partial charge in [0.1, 0.15) is 0 Å². The smallest absolute Gasteiger partial charge is 0.307 e. The number of allylic oxidation sites excluding steroid dienone is 1. The van der Waals surface area contributed by atoms with Gasteiger partial charge in [-0.3, -0.25) is 9.10 Å². The molecule has 0 aliphatic carbocycles. The number of carbonyl (C=O) groups excluding carboxylic acids is 1. The molecule has 6 heteroatoms. The molecule has 0 aromatic heterocycles. The molecule has 0 heterocycles. The highest BCUT2D eigenvalue weighted by Gasteiger charge is 2.28. The minimum atomic E-state index is -2.88. The molecule has 0 aliphatic rings. The maximum atomic E-state index is 11.9. The van der Waals surface area contributed by atoms with Crippen molar-refractivity contribution in [3.05, 3.63) is 42.0 Å². The van der Waals surface area contributed by atoms with Gasteiger partial charge in [0.05, 0.1) is 24.8 Å². The lowest BCUT2D eigenvalue weighted by Gasteiger charge is -2.31. The summed E-state index contributed by atoms with van der Waals surface area (Å²) in [7, 11) is -2.88. The van der Waals surface area contributed by atoms with E-state index in [1.165, 1.54) is 4.31 Å². The molecule has 0 spiro atoms. The number of aryl methyl sites for hydroxylation is 1. The first-order valence-electron chi connectivity index (χ1n) is 7.69. The van der Waals surface area contributed by atoms with Gasteiger partial charge >= 0.3 is 5.97 Å². The summed E-state index contributed by atoms with van der Waals surface area (Å²) in [5.41, 5.74) is 1.59. The number of nitrogens with zero attached hydrogens (tertiary/aromatic N) is 1. The molecule has 0 N–H and O–H groups in total. The first kappa shape index (κ1) is 19.2. The predicted molar refractivity (Wildman–Crippen MR) is 93.0 cm³/mol. The molecule has 23 heavy (non-hydrogen) atoms. The molecule has 5 nitrogen and oxygen atoms in total. The number of benzene rings is 1. The highest BCUT2D eigenvalue weighted by atomic mass is 32.2. The Balaban J connectivity index is 3.21. The normalized spacial score (nSPS) is 14.0. The number of hydrogen-bond acceptors (Lipinski definition) is 4. The molecule has 128 valence electrons. The molecule has 2 unspecified atom stereocenters. The Kier molecular flexibility index (Phi) is 7.81. The molecule has 0 amide bonds. The molecular formula is C17H25NO4S. The van der Waals surface area contributed by atoms with Crippen LogP contribution in [0.15, 0.2) is 36.4 Å². The van der Waals surface area contributed by atoms with Crippen LogP contribution in [0.25, 0.3) is 0 Å². The number of esters is 1. The van der Waals surface area contributed by atoms with Crippen molar-refractivity contribution in [3.8, 4) is 0 Å². The highest BCUT2D eigenvalue weighted by Crippen LogP contribution is 2.25. The number of thiol groups is 1. The van der Waals surface area contributed by atoms with E-state index < -0.39 is 22.9 Å². The van der Waals surface area contributed by atoms with Crippen LogP contribution in [0.4, 0.5) is 5.69 Å². The van der Waals surface area contributed by atoms with E-state index in [0.717, 1.165) is 5.56 Å². The second-order valence-corrected chi connectivity index (χ2v) is 6.29. The van der Waals surface area contributed by atoms with Gasteiger partial charge in [-0.15, -0.1) is 0 Å². The van der Waals surface area contributed by atoms with E-state index >= 15 is 0 Å². The van der Waals surface area contributed by atoms with Crippen LogP contribution in [0.5, 0.6) is 0 Å². The lowest BCUT2D eigenvalue weighted by atomic mass is 9.97. The van der Waals surface area contributed by atoms with Gasteiger partial charge in [0, 0.05) is 0 Å². The van der Waals surface area contributed by atoms with E-state index in [-0.39, 0.29) is 18.9 Å². The van der Waals surface area contributed by atoms with Gasteiger partial charge in [-0.2, -0.15) is 0 Å². The Labute approximate surface area is 140 Å². The van der Waals surface area contributed by atoms with E-state index in [1.54, 1.807) is 19.1 Å². The fourth-order valence-electron chi connectivity index (χ4n) is 2.42. The molecule has 0 bridgehead atoms. The Hall–Kier alpha value is -1.82. The van der Waals surface area contributed by atoms with E-state index in [4.69, 9.17) is 4.74 Å². The van der Waals surface area contributed by atoms with Gasteiger partial charge < -0.3 is 4.74 Å². The number of hydrogen-bond donors (Lipinski definition) is 1. The Morgan fingerprint density at radius 2 is 1.91 bits per heavy atom. The summed E-state index contributed by atoms with van der Waals surface area (Å²) in [6.07, 6.45) is 3.76. The Morgan fingerprint density at radius 3 is 2.39 bits per heavy atom. The maximum absolute atomic E-state index is 11.9. The zero-order chi connectivity index (χ0) is 17.4. The van der Waals surface area contributed by atoms with Crippen molar-refractivity contribution in [1.29, 1.82) is 0 Å². The number of carbonyl (C=O) groups is 1. The third-order valence-electron chi connectivity index (χ3n) is 3.57. The molecule has 0 aliphatic heterocycles. The third kappa shape index (κ3) is 5.71. The zero-order valence-electron chi connectivity index (χ0n) is 14.1. The zero-order valence-corrected chi connectivity index (χ0v) is 15.0. The van der Waals surface area contributed by atoms with Gasteiger partial charge in [-0.25, -0.2) is 8.42 Å². The molecule has 1 aromatic carbocycles. The summed E-state index contributed by atoms with van der Waals surface area (Å²) in [4.78, 5) is 11.9. The Morgan fingerprint density at radius 1 is 1.30 bits per heavy atom. The molecule has 1 rings (SSSR count). The van der Waals surface area contributed by atoms with Gasteiger partial charge in [0.15, 0.2) is 0 Å². The van der Waals surface area contributed by atoms with Crippen LogP contribution in [0, 0.1) is 12.8 Å². The fraction of sp³-hybridized carbons (Fsp3) is 0.471. The molecule has 0 radical (unpaired) electrons. The molecular weight excluding hydrogens is 314 g/mol. The highest BCUT2D eigenvalue weighted by molar-refractivity contribution is 7.74. The lowest BCUT2D eigenvalue weighted by molar-refractivity contribution is -0.143. The van der Waals surface area contributed by atoms with Gasteiger partial charge in [0.2, 0.25) is 10.9 Å². The van der Waals surface area contributed by atoms with Crippen molar-refractivity contribution < 1.29 is 17.9 Å². The second kappa shape index (κ2) is 9.35. The fourth-order valence-corrected chi connectivity index (χ4v) is 3.28. The van der Waals surface area contributed by atoms with Gasteiger partial charge in [-0.05, 0) is 38.8 Å². The number of anilines is 1. The van der Waals surface area contributed by atoms with Crippen molar-refractivity contribution in [2.45, 2.75) is 40.2 Å². The number of rotatable bonds is 8. The van der Waals surface area contributed by atoms with Crippen molar-refractivity contribution >= 4 is 22.5 Å². The number of ether oxygens (including phenoxy) is 1. The van der Waals surface area contributed by atoms with E-state index in [0.29, 0.717) is 5.69 Å². The maximum Gasteiger partial charge on any atom is 0.307 e. The molecule has 0 saturated heterocycles. The minimum absolute atomic E-state index is 0.0105. The molecule has 0 saturated carbocycles. The molecule has 1 aromatic rings. The first-order valence-corrected chi connectivity index (χ1v) is 8.82. The monoisotopic (exact) mass is 339 g/mol. The van der Waals surface area contributed by atoms with E-state index in [1.807, 2.05) is 45.1 Å². The lowest BCUT2D eigenvalue weighted by Crippen LogP contribution is -2.40. The largest absolute Gasteiger partial charge is 0.466 e. The van der Waals surface area contributed by atoms with Crippen molar-refractivity contribution in [2.24, 2.45) is 5.92 Å². The summed E-state index contributed by atoms with van der Waals surface area (Å²) in [5, 5.41) is 0. The quantitative estimate of drug-likeness (QED) is 0.449. The molecule has 2 atom stereocenters. The van der Waals surface area contributed by atoms with Crippen LogP contribution in [0.3, 0.4) is 0 Å². The standard InChI is InChI=1S/C17H25NO4S/c1-5-7-14(4)16(12-17(19)22-6-2)18(23(20)21)15-10-8-13(3)9-11-15/h5,7-11,14,16,23H,6,12H2,1-4H3. The van der Waals surface area contributed by atoms with Crippen LogP contribution in [-0.4, -0.2) is 27.0 Å². The summed E-state index contributed by atoms with van der Waals surface area (Å²) < 4.78 is 30.0. The third-order valence-corrected chi connectivity index (χ3v) is 4.45. The first-order chi connectivity index (χ1) is 10.9. The predicted octanol–water partition coefficient (Wildman–Crippen LogP) is 2.86. The summed E-state index contributed by atoms with van der Waals surface area (Å²) in [6.45, 7) is 7.70. The Bertz CT molecular complexity index is 600. The summed E-state index contributed by atoms with van der Waals surface area (Å²) in [5.74, 6) is -0.526. The molecule has 0 fully saturated rings. The van der Waals surface area contributed by atoms with Crippen molar-refractivity contribution in [2.75, 3.05) is 10.9 Å². The average molecular weight is 339 g/mol. The topological polar surface area (TPSA) is 63.7 Å². The van der Waals surface area contributed by atoms with Gasteiger partial charge in [-0.1, -0.05) is 36.8 Å². The van der Waals surface area contributed by atoms with Crippen LogP contribution in [-0.2, 0) is 20.4 Å². The van der Waals surface area contributed by atoms with Crippen LogP contribution in [0.2, 0.25) is 0 Å². The van der Waals surface area contributed by atoms with E-state index in [2.05, 4.69) is 0 Å². The van der Waals surface area contributed by atoms with Crippen molar-refractivity contribution in [1.82, 2.24) is 0 Å². The second-order valence-electron chi connectivity index (χ2n) is 5.38. The SMILES string of the molecule is CC=CC(C)C(CC(=O)OCC)N(c1ccc(C)cc1)[SH](=O)=O. The summed E-state index contributed by atoms with van der Waals surface area (Å²) in [6, 6.07) is 6.68. The average Bonchev–Trinajstić information content (AvgIpc) is 2.48. The van der Waals surface area contributed by atoms with Gasteiger partial charge in [0.25, 0.3) is 0 Å². The van der Waals surface area contributed by atoms with Crippen LogP contribution in [0.1, 0.15) is 32.8 Å². The minimum Gasteiger partial charge on any atom is -0.466 e. The van der Waals surface area contributed by atoms with Crippen LogP contribution < -0.4 is 4.31 Å². The summed E-state index contributed by atoms with van der Waals surface area (Å²) >= 11 is 0.